The third kappa shape index (κ3) is 4.70. The molecule has 0 aromatic carbocycles. The largest absolute Gasteiger partial charge is 1.00 e. The molecule has 1 aliphatic carbocycles. The number of aromatic carboxylic acids is 1. The number of H-pyrrole nitrogens is 1. The molecule has 2 rings (SSSR count). The monoisotopic (exact) mass is 348 g/mol. The maximum absolute atomic E-state index is 11.9. The Morgan fingerprint density at radius 1 is 1.23 bits per heavy atom. The number of aromatic amines is 1. The van der Waals surface area contributed by atoms with Gasteiger partial charge in [0.2, 0.25) is 0 Å². The Bertz CT molecular complexity index is 688. The van der Waals surface area contributed by atoms with E-state index < -0.39 is 26.9 Å². The Morgan fingerprint density at radius 3 is 2.09 bits per heavy atom. The first-order chi connectivity index (χ1) is 9.21. The third-order valence-electron chi connectivity index (χ3n) is 3.77. The van der Waals surface area contributed by atoms with Crippen LogP contribution in [0.4, 0.5) is 0 Å². The van der Waals surface area contributed by atoms with E-state index in [-0.39, 0.29) is 89.3 Å². The summed E-state index contributed by atoms with van der Waals surface area (Å²) in [5.74, 6) is -1.46. The average molecular weight is 348 g/mol. The van der Waals surface area contributed by atoms with Crippen molar-refractivity contribution in [3.05, 3.63) is 21.6 Å². The van der Waals surface area contributed by atoms with Gasteiger partial charge in [-0.15, -0.1) is 0 Å². The van der Waals surface area contributed by atoms with Crippen molar-refractivity contribution in [2.75, 3.05) is 0 Å². The molecule has 1 aromatic heterocycles. The number of aromatic nitrogens is 2. The zero-order chi connectivity index (χ0) is 15.1. The van der Waals surface area contributed by atoms with Gasteiger partial charge in [0.25, 0.3) is 5.56 Å². The van der Waals surface area contributed by atoms with E-state index in [4.69, 9.17) is 0 Å². The Hall–Kier alpha value is 0.390. The molecule has 0 saturated heterocycles. The SMILES string of the molecule is Cc1c(C(=O)[O-])[nH]n(C2CCC(S(=O)(=O)[O-])CC2)c1=O.[Na+].[Na+]. The van der Waals surface area contributed by atoms with Gasteiger partial charge in [0.15, 0.2) is 0 Å². The Kier molecular flexibility index (Phi) is 8.63. The number of nitrogens with one attached hydrogen (secondary N) is 1. The molecule has 0 atom stereocenters. The fourth-order valence-corrected chi connectivity index (χ4v) is 3.44. The van der Waals surface area contributed by atoms with Gasteiger partial charge in [-0.05, 0) is 32.6 Å². The minimum atomic E-state index is -4.31. The zero-order valence-corrected chi connectivity index (χ0v) is 17.6. The minimum absolute atomic E-state index is 0. The predicted octanol–water partition coefficient (Wildman–Crippen LogP) is -7.11. The van der Waals surface area contributed by atoms with Crippen LogP contribution in [0.3, 0.4) is 0 Å². The molecule has 0 unspecified atom stereocenters. The number of hydrogen-bond acceptors (Lipinski definition) is 6. The number of carbonyl (C=O) groups excluding carboxylic acids is 1. The quantitative estimate of drug-likeness (QED) is 0.426. The topological polar surface area (TPSA) is 135 Å². The van der Waals surface area contributed by atoms with Crippen LogP contribution in [0.15, 0.2) is 4.79 Å². The maximum atomic E-state index is 11.9. The Labute approximate surface area is 172 Å². The molecule has 1 fully saturated rings. The maximum Gasteiger partial charge on any atom is 1.00 e. The fraction of sp³-hybridized carbons (Fsp3) is 0.636. The van der Waals surface area contributed by atoms with Crippen molar-refractivity contribution in [1.82, 2.24) is 9.78 Å². The van der Waals surface area contributed by atoms with E-state index >= 15 is 0 Å². The van der Waals surface area contributed by atoms with Crippen molar-refractivity contribution in [1.29, 1.82) is 0 Å². The van der Waals surface area contributed by atoms with Gasteiger partial charge in [-0.1, -0.05) is 0 Å². The van der Waals surface area contributed by atoms with E-state index in [0.717, 1.165) is 0 Å². The number of rotatable bonds is 3. The first kappa shape index (κ1) is 22.4. The Morgan fingerprint density at radius 2 is 1.73 bits per heavy atom. The molecule has 0 bridgehead atoms. The summed E-state index contributed by atoms with van der Waals surface area (Å²) >= 11 is 0. The molecule has 8 nitrogen and oxygen atoms in total. The molecule has 0 spiro atoms. The minimum Gasteiger partial charge on any atom is -0.748 e. The van der Waals surface area contributed by atoms with Gasteiger partial charge in [-0.25, -0.2) is 13.1 Å². The Balaban J connectivity index is 0.00000220. The molecular formula is C11H14N2Na2O6S. The normalized spacial score (nSPS) is 21.5. The second kappa shape index (κ2) is 8.48. The summed E-state index contributed by atoms with van der Waals surface area (Å²) < 4.78 is 34.0. The molecule has 0 radical (unpaired) electrons. The van der Waals surface area contributed by atoms with E-state index in [1.165, 1.54) is 11.6 Å². The van der Waals surface area contributed by atoms with Gasteiger partial charge in [0.1, 0.15) is 0 Å². The fourth-order valence-electron chi connectivity index (χ4n) is 2.59. The molecule has 0 amide bonds. The van der Waals surface area contributed by atoms with Gasteiger partial charge >= 0.3 is 59.1 Å². The zero-order valence-electron chi connectivity index (χ0n) is 12.8. The van der Waals surface area contributed by atoms with Crippen molar-refractivity contribution in [3.63, 3.8) is 0 Å². The van der Waals surface area contributed by atoms with E-state index in [1.807, 2.05) is 0 Å². The molecule has 1 aromatic rings. The summed E-state index contributed by atoms with van der Waals surface area (Å²) in [5, 5.41) is 12.4. The summed E-state index contributed by atoms with van der Waals surface area (Å²) in [6, 6.07) is -0.327. The first-order valence-electron chi connectivity index (χ1n) is 6.19. The third-order valence-corrected chi connectivity index (χ3v) is 5.06. The summed E-state index contributed by atoms with van der Waals surface area (Å²) in [7, 11) is -4.31. The van der Waals surface area contributed by atoms with Gasteiger partial charge in [0, 0.05) is 10.8 Å². The molecule has 1 N–H and O–H groups in total. The number of carbonyl (C=O) groups is 1. The van der Waals surface area contributed by atoms with Crippen LogP contribution in [0.1, 0.15) is 47.8 Å². The number of nitrogens with zero attached hydrogens (tertiary/aromatic N) is 1. The summed E-state index contributed by atoms with van der Waals surface area (Å²) in [6.07, 6.45) is 1.00. The van der Waals surface area contributed by atoms with Crippen molar-refractivity contribution < 1.29 is 82.0 Å². The van der Waals surface area contributed by atoms with Crippen LogP contribution in [-0.2, 0) is 10.1 Å². The van der Waals surface area contributed by atoms with Crippen molar-refractivity contribution in [2.45, 2.75) is 43.9 Å². The van der Waals surface area contributed by atoms with Crippen LogP contribution < -0.4 is 69.8 Å². The second-order valence-electron chi connectivity index (χ2n) is 5.00. The van der Waals surface area contributed by atoms with Crippen LogP contribution in [0, 0.1) is 6.92 Å². The molecule has 112 valence electrons. The van der Waals surface area contributed by atoms with Crippen molar-refractivity contribution >= 4 is 16.1 Å². The molecule has 1 saturated carbocycles. The van der Waals surface area contributed by atoms with E-state index in [1.54, 1.807) is 0 Å². The van der Waals surface area contributed by atoms with Crippen LogP contribution >= 0.6 is 0 Å². The van der Waals surface area contributed by atoms with E-state index in [9.17, 15) is 27.7 Å². The van der Waals surface area contributed by atoms with Gasteiger partial charge < -0.3 is 14.5 Å². The van der Waals surface area contributed by atoms with Crippen LogP contribution in [0.5, 0.6) is 0 Å². The smallest absolute Gasteiger partial charge is 0.748 e. The summed E-state index contributed by atoms with van der Waals surface area (Å²) in [5.41, 5.74) is -0.672. The molecule has 1 aliphatic rings. The molecule has 1 heterocycles. The molecule has 11 heteroatoms. The number of carboxylic acid groups (broad SMARTS) is 1. The number of hydrogen-bond donors (Lipinski definition) is 1. The molecule has 22 heavy (non-hydrogen) atoms. The van der Waals surface area contributed by atoms with Gasteiger partial charge in [-0.3, -0.25) is 9.89 Å². The van der Waals surface area contributed by atoms with Crippen LogP contribution in [0.25, 0.3) is 0 Å². The van der Waals surface area contributed by atoms with Gasteiger partial charge in [0.05, 0.1) is 27.8 Å². The van der Waals surface area contributed by atoms with Crippen LogP contribution in [-0.4, -0.2) is 34.0 Å². The average Bonchev–Trinajstić information content (AvgIpc) is 2.66. The molecular weight excluding hydrogens is 334 g/mol. The van der Waals surface area contributed by atoms with Crippen LogP contribution in [0.2, 0.25) is 0 Å². The van der Waals surface area contributed by atoms with Crippen molar-refractivity contribution in [2.24, 2.45) is 0 Å². The second-order valence-corrected chi connectivity index (χ2v) is 6.65. The van der Waals surface area contributed by atoms with Crippen molar-refractivity contribution in [3.8, 4) is 0 Å². The standard InChI is InChI=1S/C11H16N2O6S.2Na/c1-6-9(11(15)16)12-13(10(6)14)7-2-4-8(5-3-7)20(17,18)19;;/h7-8,12H,2-5H2,1H3,(H,15,16)(H,17,18,19);;/q;2*+1/p-2. The predicted molar refractivity (Wildman–Crippen MR) is 65.1 cm³/mol. The van der Waals surface area contributed by atoms with Gasteiger partial charge in [-0.2, -0.15) is 0 Å². The number of carboxylic acids is 1. The molecule has 0 aliphatic heterocycles. The van der Waals surface area contributed by atoms with E-state index in [0.29, 0.717) is 12.8 Å². The summed E-state index contributed by atoms with van der Waals surface area (Å²) in [6.45, 7) is 1.38. The first-order valence-corrected chi connectivity index (χ1v) is 7.66. The summed E-state index contributed by atoms with van der Waals surface area (Å²) in [4.78, 5) is 22.8. The van der Waals surface area contributed by atoms with E-state index in [2.05, 4.69) is 5.10 Å².